The van der Waals surface area contributed by atoms with E-state index in [1.165, 1.54) is 6.07 Å². The lowest BCUT2D eigenvalue weighted by molar-refractivity contribution is -0.162. The van der Waals surface area contributed by atoms with E-state index in [0.29, 0.717) is 12.3 Å². The zero-order valence-electron chi connectivity index (χ0n) is 13.2. The Morgan fingerprint density at radius 1 is 1.38 bits per heavy atom. The second-order valence-electron chi connectivity index (χ2n) is 5.98. The second-order valence-corrected chi connectivity index (χ2v) is 5.98. The number of aryl methyl sites for hydroxylation is 1. The fourth-order valence-corrected chi connectivity index (χ4v) is 1.78. The Labute approximate surface area is 126 Å². The number of hydrogen-bond donors (Lipinski definition) is 2. The topological polar surface area (TPSA) is 81.8 Å². The number of ether oxygens (including phenoxy) is 2. The molecule has 0 spiro atoms. The average molecular weight is 295 g/mol. The first-order chi connectivity index (χ1) is 9.73. The third kappa shape index (κ3) is 6.04. The van der Waals surface area contributed by atoms with Crippen molar-refractivity contribution >= 4 is 5.97 Å². The number of esters is 1. The van der Waals surface area contributed by atoms with Crippen LogP contribution in [0.3, 0.4) is 0 Å². The van der Waals surface area contributed by atoms with Crippen molar-refractivity contribution in [2.45, 2.75) is 52.2 Å². The van der Waals surface area contributed by atoms with Crippen molar-refractivity contribution in [1.82, 2.24) is 0 Å². The van der Waals surface area contributed by atoms with Gasteiger partial charge in [0.25, 0.3) is 0 Å². The predicted molar refractivity (Wildman–Crippen MR) is 81.4 cm³/mol. The van der Waals surface area contributed by atoms with E-state index < -0.39 is 17.7 Å². The van der Waals surface area contributed by atoms with Crippen LogP contribution in [0, 0.1) is 0 Å². The number of hydrogen-bond acceptors (Lipinski definition) is 5. The normalized spacial score (nSPS) is 12.8. The first-order valence-electron chi connectivity index (χ1n) is 7.14. The fraction of sp³-hybridized carbons (Fsp3) is 0.562. The number of rotatable bonds is 6. The maximum Gasteiger partial charge on any atom is 0.347 e. The largest absolute Gasteiger partial charge is 0.508 e. The van der Waals surface area contributed by atoms with Crippen LogP contribution in [0.2, 0.25) is 0 Å². The van der Waals surface area contributed by atoms with Gasteiger partial charge in [0, 0.05) is 6.07 Å². The molecule has 5 heteroatoms. The van der Waals surface area contributed by atoms with E-state index in [-0.39, 0.29) is 5.75 Å². The highest BCUT2D eigenvalue weighted by molar-refractivity contribution is 5.75. The van der Waals surface area contributed by atoms with Crippen molar-refractivity contribution in [1.29, 1.82) is 0 Å². The summed E-state index contributed by atoms with van der Waals surface area (Å²) >= 11 is 0. The van der Waals surface area contributed by atoms with Gasteiger partial charge in [0.15, 0.2) is 6.10 Å². The van der Waals surface area contributed by atoms with Crippen LogP contribution in [0.5, 0.6) is 11.5 Å². The molecule has 1 rings (SSSR count). The molecule has 0 aliphatic carbocycles. The summed E-state index contributed by atoms with van der Waals surface area (Å²) in [5.74, 6) is 0.148. The minimum Gasteiger partial charge on any atom is -0.508 e. The lowest BCUT2D eigenvalue weighted by atomic mass is 10.1. The standard InChI is InChI=1S/C16H25NO4/c1-11(15(19)21-16(2,3)4)20-14-10-13(18)8-7-12(14)6-5-9-17/h7-8,10-11,18H,5-6,9,17H2,1-4H3/t11-/m0/s1. The number of nitrogens with two attached hydrogens (primary N) is 1. The molecule has 1 atom stereocenters. The Hall–Kier alpha value is -1.75. The minimum absolute atomic E-state index is 0.0953. The van der Waals surface area contributed by atoms with Gasteiger partial charge < -0.3 is 20.3 Å². The molecule has 5 nitrogen and oxygen atoms in total. The highest BCUT2D eigenvalue weighted by Crippen LogP contribution is 2.26. The second kappa shape index (κ2) is 7.31. The van der Waals surface area contributed by atoms with E-state index in [4.69, 9.17) is 15.2 Å². The van der Waals surface area contributed by atoms with Gasteiger partial charge in [0.1, 0.15) is 17.1 Å². The Bertz CT molecular complexity index is 480. The van der Waals surface area contributed by atoms with Crippen LogP contribution >= 0.6 is 0 Å². The summed E-state index contributed by atoms with van der Waals surface area (Å²) in [6.45, 7) is 7.61. The van der Waals surface area contributed by atoms with Crippen LogP contribution in [0.1, 0.15) is 39.7 Å². The molecule has 0 unspecified atom stereocenters. The first-order valence-corrected chi connectivity index (χ1v) is 7.14. The van der Waals surface area contributed by atoms with Crippen molar-refractivity contribution in [2.24, 2.45) is 5.73 Å². The number of carbonyl (C=O) groups is 1. The SMILES string of the molecule is C[C@H](Oc1cc(O)ccc1CCCN)C(=O)OC(C)(C)C. The van der Waals surface area contributed by atoms with Gasteiger partial charge >= 0.3 is 5.97 Å². The fourth-order valence-electron chi connectivity index (χ4n) is 1.78. The number of phenols is 1. The summed E-state index contributed by atoms with van der Waals surface area (Å²) < 4.78 is 10.9. The lowest BCUT2D eigenvalue weighted by Gasteiger charge is -2.23. The molecule has 0 heterocycles. The molecule has 0 saturated heterocycles. The molecule has 0 bridgehead atoms. The van der Waals surface area contributed by atoms with Crippen LogP contribution in [-0.4, -0.2) is 29.3 Å². The third-order valence-corrected chi connectivity index (χ3v) is 2.74. The maximum atomic E-state index is 11.9. The van der Waals surface area contributed by atoms with Crippen LogP contribution in [0.15, 0.2) is 18.2 Å². The van der Waals surface area contributed by atoms with Gasteiger partial charge in [0.2, 0.25) is 0 Å². The molecule has 118 valence electrons. The first kappa shape index (κ1) is 17.3. The highest BCUT2D eigenvalue weighted by atomic mass is 16.6. The zero-order valence-corrected chi connectivity index (χ0v) is 13.2. The van der Waals surface area contributed by atoms with E-state index in [0.717, 1.165) is 18.4 Å². The van der Waals surface area contributed by atoms with E-state index >= 15 is 0 Å². The van der Waals surface area contributed by atoms with Gasteiger partial charge in [-0.3, -0.25) is 0 Å². The summed E-state index contributed by atoms with van der Waals surface area (Å²) in [5, 5.41) is 9.58. The molecule has 3 N–H and O–H groups in total. The maximum absolute atomic E-state index is 11.9. The molecule has 0 saturated carbocycles. The molecular formula is C16H25NO4. The smallest absolute Gasteiger partial charge is 0.347 e. The molecule has 0 radical (unpaired) electrons. The average Bonchev–Trinajstić information content (AvgIpc) is 2.35. The molecular weight excluding hydrogens is 270 g/mol. The van der Waals surface area contributed by atoms with E-state index in [1.807, 2.05) is 0 Å². The number of carbonyl (C=O) groups excluding carboxylic acids is 1. The van der Waals surface area contributed by atoms with Gasteiger partial charge in [-0.2, -0.15) is 0 Å². The van der Waals surface area contributed by atoms with E-state index in [9.17, 15) is 9.90 Å². The number of benzene rings is 1. The van der Waals surface area contributed by atoms with Crippen LogP contribution in [-0.2, 0) is 16.0 Å². The summed E-state index contributed by atoms with van der Waals surface area (Å²) in [6, 6.07) is 4.88. The van der Waals surface area contributed by atoms with Crippen molar-refractivity contribution in [3.63, 3.8) is 0 Å². The Morgan fingerprint density at radius 2 is 2.05 bits per heavy atom. The highest BCUT2D eigenvalue weighted by Gasteiger charge is 2.23. The van der Waals surface area contributed by atoms with Crippen molar-refractivity contribution < 1.29 is 19.4 Å². The van der Waals surface area contributed by atoms with E-state index in [1.54, 1.807) is 39.8 Å². The molecule has 0 aliphatic heterocycles. The molecule has 1 aromatic carbocycles. The van der Waals surface area contributed by atoms with Gasteiger partial charge in [-0.25, -0.2) is 4.79 Å². The molecule has 0 amide bonds. The van der Waals surface area contributed by atoms with Crippen molar-refractivity contribution in [2.75, 3.05) is 6.54 Å². The molecule has 21 heavy (non-hydrogen) atoms. The quantitative estimate of drug-likeness (QED) is 0.787. The minimum atomic E-state index is -0.748. The molecule has 0 aromatic heterocycles. The Morgan fingerprint density at radius 3 is 2.62 bits per heavy atom. The van der Waals surface area contributed by atoms with Crippen LogP contribution in [0.25, 0.3) is 0 Å². The predicted octanol–water partition coefficient (Wildman–Crippen LogP) is 2.39. The lowest BCUT2D eigenvalue weighted by Crippen LogP contribution is -2.33. The van der Waals surface area contributed by atoms with Gasteiger partial charge in [0.05, 0.1) is 0 Å². The Balaban J connectivity index is 2.80. The van der Waals surface area contributed by atoms with Gasteiger partial charge in [-0.1, -0.05) is 6.07 Å². The molecule has 0 fully saturated rings. The van der Waals surface area contributed by atoms with Crippen molar-refractivity contribution in [3.8, 4) is 11.5 Å². The summed E-state index contributed by atoms with van der Waals surface area (Å²) in [4.78, 5) is 11.9. The summed E-state index contributed by atoms with van der Waals surface area (Å²) in [5.41, 5.74) is 5.86. The summed E-state index contributed by atoms with van der Waals surface area (Å²) in [7, 11) is 0. The van der Waals surface area contributed by atoms with Gasteiger partial charge in [-0.15, -0.1) is 0 Å². The van der Waals surface area contributed by atoms with E-state index in [2.05, 4.69) is 0 Å². The number of aromatic hydroxyl groups is 1. The van der Waals surface area contributed by atoms with Crippen LogP contribution < -0.4 is 10.5 Å². The third-order valence-electron chi connectivity index (χ3n) is 2.74. The Kier molecular flexibility index (Phi) is 6.03. The van der Waals surface area contributed by atoms with Crippen LogP contribution in [0.4, 0.5) is 0 Å². The van der Waals surface area contributed by atoms with Gasteiger partial charge in [-0.05, 0) is 58.7 Å². The summed E-state index contributed by atoms with van der Waals surface area (Å²) in [6.07, 6.45) is 0.789. The molecule has 1 aromatic rings. The van der Waals surface area contributed by atoms with Crippen molar-refractivity contribution in [3.05, 3.63) is 23.8 Å². The molecule has 0 aliphatic rings. The monoisotopic (exact) mass is 295 g/mol. The zero-order chi connectivity index (χ0) is 16.0. The number of phenolic OH excluding ortho intramolecular Hbond substituents is 1.